The number of aliphatic imine (C=N–C) groups is 1. The van der Waals surface area contributed by atoms with E-state index >= 15 is 0 Å². The highest BCUT2D eigenvalue weighted by Crippen LogP contribution is 2.19. The molecule has 0 aromatic heterocycles. The van der Waals surface area contributed by atoms with Gasteiger partial charge in [-0.15, -0.1) is 0 Å². The van der Waals surface area contributed by atoms with E-state index in [2.05, 4.69) is 15.5 Å². The predicted octanol–water partition coefficient (Wildman–Crippen LogP) is 2.81. The summed E-state index contributed by atoms with van der Waals surface area (Å²) < 4.78 is 4.83. The topological polar surface area (TPSA) is 63.0 Å². The predicted molar refractivity (Wildman–Crippen MR) is 86.8 cm³/mol. The number of hydrogen-bond acceptors (Lipinski definition) is 6. The number of halogens is 1. The summed E-state index contributed by atoms with van der Waals surface area (Å²) in [4.78, 5) is 15.5. The average Bonchev–Trinajstić information content (AvgIpc) is 2.89. The van der Waals surface area contributed by atoms with Crippen molar-refractivity contribution in [3.63, 3.8) is 0 Å². The van der Waals surface area contributed by atoms with E-state index in [1.807, 2.05) is 12.1 Å². The number of nitrogens with one attached hydrogen (secondary N) is 1. The van der Waals surface area contributed by atoms with Gasteiger partial charge in [0, 0.05) is 16.9 Å². The highest BCUT2D eigenvalue weighted by Gasteiger charge is 2.13. The van der Waals surface area contributed by atoms with E-state index in [9.17, 15) is 4.79 Å². The summed E-state index contributed by atoms with van der Waals surface area (Å²) in [6.07, 6.45) is 3.07. The molecule has 110 valence electrons. The highest BCUT2D eigenvalue weighted by atomic mass is 35.5. The number of benzene rings is 1. The first-order valence-corrected chi connectivity index (χ1v) is 7.67. The minimum atomic E-state index is -0.372. The van der Waals surface area contributed by atoms with Crippen LogP contribution in [0.5, 0.6) is 0 Å². The zero-order valence-electron chi connectivity index (χ0n) is 11.4. The summed E-state index contributed by atoms with van der Waals surface area (Å²) in [5.41, 5.74) is 4.43. The second-order valence-corrected chi connectivity index (χ2v) is 5.42. The van der Waals surface area contributed by atoms with Crippen LogP contribution in [-0.4, -0.2) is 29.7 Å². The van der Waals surface area contributed by atoms with Crippen molar-refractivity contribution in [2.75, 3.05) is 12.4 Å². The van der Waals surface area contributed by atoms with Crippen LogP contribution in [0.15, 0.2) is 46.1 Å². The molecule has 2 rings (SSSR count). The molecule has 0 unspecified atom stereocenters. The minimum absolute atomic E-state index is 0.357. The Balaban J connectivity index is 1.89. The highest BCUT2D eigenvalue weighted by molar-refractivity contribution is 8.14. The van der Waals surface area contributed by atoms with Gasteiger partial charge in [-0.3, -0.25) is 5.43 Å². The second kappa shape index (κ2) is 7.85. The van der Waals surface area contributed by atoms with Crippen LogP contribution in [0.3, 0.4) is 0 Å². The maximum Gasteiger partial charge on any atom is 0.332 e. The third-order valence-corrected chi connectivity index (χ3v) is 3.56. The Hall–Kier alpha value is -1.79. The van der Waals surface area contributed by atoms with E-state index < -0.39 is 0 Å². The zero-order valence-corrected chi connectivity index (χ0v) is 12.9. The molecule has 0 atom stereocenters. The van der Waals surface area contributed by atoms with Crippen molar-refractivity contribution >= 4 is 40.7 Å². The van der Waals surface area contributed by atoms with Crippen LogP contribution in [0.1, 0.15) is 12.5 Å². The van der Waals surface area contributed by atoms with Gasteiger partial charge in [0.1, 0.15) is 0 Å². The van der Waals surface area contributed by atoms with Crippen LogP contribution in [0, 0.1) is 0 Å². The quantitative estimate of drug-likeness (QED) is 0.400. The summed E-state index contributed by atoms with van der Waals surface area (Å²) in [5.74, 6) is 0.250. The van der Waals surface area contributed by atoms with Gasteiger partial charge in [-0.1, -0.05) is 35.5 Å². The van der Waals surface area contributed by atoms with E-state index in [-0.39, 0.29) is 5.97 Å². The molecule has 1 aromatic rings. The van der Waals surface area contributed by atoms with Crippen LogP contribution in [-0.2, 0) is 9.53 Å². The number of rotatable bonds is 4. The number of hydrazone groups is 1. The van der Waals surface area contributed by atoms with E-state index in [0.717, 1.165) is 5.56 Å². The molecular weight excluding hydrogens is 310 g/mol. The summed E-state index contributed by atoms with van der Waals surface area (Å²) in [7, 11) is 0. The molecule has 21 heavy (non-hydrogen) atoms. The molecule has 0 radical (unpaired) electrons. The monoisotopic (exact) mass is 323 g/mol. The molecule has 0 saturated carbocycles. The number of nitrogens with zero attached hydrogens (tertiary/aromatic N) is 2. The zero-order chi connectivity index (χ0) is 15.1. The van der Waals surface area contributed by atoms with Crippen LogP contribution in [0.4, 0.5) is 0 Å². The van der Waals surface area contributed by atoms with Crippen LogP contribution in [0.2, 0.25) is 5.02 Å². The maximum atomic E-state index is 11.3. The lowest BCUT2D eigenvalue weighted by atomic mass is 10.2. The van der Waals surface area contributed by atoms with Gasteiger partial charge in [-0.25, -0.2) is 9.79 Å². The van der Waals surface area contributed by atoms with E-state index in [1.165, 1.54) is 17.8 Å². The fourth-order valence-electron chi connectivity index (χ4n) is 1.50. The molecule has 0 bridgehead atoms. The van der Waals surface area contributed by atoms with Crippen molar-refractivity contribution in [3.05, 3.63) is 46.6 Å². The van der Waals surface area contributed by atoms with E-state index in [0.29, 0.717) is 28.2 Å². The Labute approximate surface area is 132 Å². The van der Waals surface area contributed by atoms with Crippen molar-refractivity contribution in [2.45, 2.75) is 6.92 Å². The molecular formula is C14H14ClN3O2S. The molecule has 1 heterocycles. The number of carbonyl (C=O) groups is 1. The molecule has 1 N–H and O–H groups in total. The normalized spacial score (nSPS) is 16.3. The SMILES string of the molecule is CCOC(=O)/C=C1/CSC(N/N=C/c2ccc(Cl)cc2)=N1. The van der Waals surface area contributed by atoms with Crippen molar-refractivity contribution in [1.82, 2.24) is 5.43 Å². The average molecular weight is 324 g/mol. The molecule has 1 aromatic carbocycles. The maximum absolute atomic E-state index is 11.3. The number of hydrogen-bond donors (Lipinski definition) is 1. The lowest BCUT2D eigenvalue weighted by Crippen LogP contribution is -2.11. The lowest BCUT2D eigenvalue weighted by molar-refractivity contribution is -0.137. The van der Waals surface area contributed by atoms with Gasteiger partial charge in [0.15, 0.2) is 5.17 Å². The van der Waals surface area contributed by atoms with Crippen LogP contribution >= 0.6 is 23.4 Å². The van der Waals surface area contributed by atoms with Gasteiger partial charge in [-0.2, -0.15) is 5.10 Å². The van der Waals surface area contributed by atoms with Gasteiger partial charge in [-0.05, 0) is 24.6 Å². The third-order valence-electron chi connectivity index (χ3n) is 2.42. The van der Waals surface area contributed by atoms with E-state index in [4.69, 9.17) is 16.3 Å². The van der Waals surface area contributed by atoms with Gasteiger partial charge in [0.05, 0.1) is 18.5 Å². The van der Waals surface area contributed by atoms with Crippen molar-refractivity contribution in [2.24, 2.45) is 10.1 Å². The molecule has 1 aliphatic rings. The standard InChI is InChI=1S/C14H14ClN3O2S/c1-2-20-13(19)7-12-9-21-14(17-12)18-16-8-10-3-5-11(15)6-4-10/h3-8H,2,9H2,1H3,(H,17,18)/b12-7-,16-8+. The molecule has 0 amide bonds. The molecule has 0 fully saturated rings. The molecule has 5 nitrogen and oxygen atoms in total. The Kier molecular flexibility index (Phi) is 5.83. The van der Waals surface area contributed by atoms with Crippen LogP contribution in [0.25, 0.3) is 0 Å². The Morgan fingerprint density at radius 1 is 1.52 bits per heavy atom. The summed E-state index contributed by atoms with van der Waals surface area (Å²) in [6.45, 7) is 2.12. The molecule has 1 aliphatic heterocycles. The van der Waals surface area contributed by atoms with Crippen molar-refractivity contribution < 1.29 is 9.53 Å². The van der Waals surface area contributed by atoms with Gasteiger partial charge >= 0.3 is 5.97 Å². The van der Waals surface area contributed by atoms with Crippen molar-refractivity contribution in [1.29, 1.82) is 0 Å². The summed E-state index contributed by atoms with van der Waals surface area (Å²) in [5, 5.41) is 5.42. The summed E-state index contributed by atoms with van der Waals surface area (Å²) >= 11 is 7.28. The Morgan fingerprint density at radius 3 is 3.00 bits per heavy atom. The first-order valence-electron chi connectivity index (χ1n) is 6.31. The van der Waals surface area contributed by atoms with Gasteiger partial charge in [0.2, 0.25) is 0 Å². The van der Waals surface area contributed by atoms with Crippen LogP contribution < -0.4 is 5.43 Å². The lowest BCUT2D eigenvalue weighted by Gasteiger charge is -1.96. The first kappa shape index (κ1) is 15.6. The minimum Gasteiger partial charge on any atom is -0.463 e. The number of amidine groups is 1. The number of ether oxygens (including phenoxy) is 1. The first-order chi connectivity index (χ1) is 10.2. The number of esters is 1. The largest absolute Gasteiger partial charge is 0.463 e. The number of carbonyl (C=O) groups excluding carboxylic acids is 1. The molecule has 0 spiro atoms. The fourth-order valence-corrected chi connectivity index (χ4v) is 2.36. The number of thioether (sulfide) groups is 1. The Morgan fingerprint density at radius 2 is 2.29 bits per heavy atom. The van der Waals surface area contributed by atoms with Crippen molar-refractivity contribution in [3.8, 4) is 0 Å². The van der Waals surface area contributed by atoms with E-state index in [1.54, 1.807) is 25.3 Å². The molecule has 0 aliphatic carbocycles. The van der Waals surface area contributed by atoms with Gasteiger partial charge < -0.3 is 4.74 Å². The fraction of sp³-hybridized carbons (Fsp3) is 0.214. The van der Waals surface area contributed by atoms with Gasteiger partial charge in [0.25, 0.3) is 0 Å². The molecule has 7 heteroatoms. The smallest absolute Gasteiger partial charge is 0.332 e. The molecule has 0 saturated heterocycles. The Bertz CT molecular complexity index is 597. The second-order valence-electron chi connectivity index (χ2n) is 4.01. The summed E-state index contributed by atoms with van der Waals surface area (Å²) in [6, 6.07) is 7.32. The third kappa shape index (κ3) is 5.24.